The minimum Gasteiger partial charge on any atom is -0.462 e. The third-order valence-electron chi connectivity index (χ3n) is 13.6. The highest BCUT2D eigenvalue weighted by molar-refractivity contribution is 5.93. The van der Waals surface area contributed by atoms with Crippen LogP contribution in [-0.4, -0.2) is 37.9 Å². The Bertz CT molecular complexity index is 1140. The van der Waals surface area contributed by atoms with Crippen LogP contribution in [0.1, 0.15) is 112 Å². The van der Waals surface area contributed by atoms with E-state index in [4.69, 9.17) is 14.2 Å². The van der Waals surface area contributed by atoms with Crippen molar-refractivity contribution >= 4 is 11.9 Å². The first-order valence-electron chi connectivity index (χ1n) is 16.3. The topological polar surface area (TPSA) is 61.8 Å². The van der Waals surface area contributed by atoms with E-state index in [9.17, 15) is 9.59 Å². The lowest BCUT2D eigenvalue weighted by Crippen LogP contribution is -2.57. The fraction of sp³-hybridized carbons (Fsp3) is 0.771. The molecule has 0 saturated heterocycles. The number of hydrogen-bond acceptors (Lipinski definition) is 5. The molecule has 1 aromatic rings. The predicted molar refractivity (Wildman–Crippen MR) is 153 cm³/mol. The van der Waals surface area contributed by atoms with E-state index in [0.29, 0.717) is 52.6 Å². The molecule has 5 aliphatic carbocycles. The van der Waals surface area contributed by atoms with E-state index in [0.717, 1.165) is 42.4 Å². The van der Waals surface area contributed by atoms with Crippen molar-refractivity contribution in [3.63, 3.8) is 0 Å². The lowest BCUT2D eigenvalue weighted by molar-refractivity contribution is -0.171. The average Bonchev–Trinajstić information content (AvgIpc) is 3.46. The first kappa shape index (κ1) is 27.0. The lowest BCUT2D eigenvalue weighted by atomic mass is 9.45. The zero-order valence-electron chi connectivity index (χ0n) is 24.8. The molecular weight excluding hydrogens is 500 g/mol. The van der Waals surface area contributed by atoms with Crippen molar-refractivity contribution in [1.82, 2.24) is 0 Å². The van der Waals surface area contributed by atoms with Gasteiger partial charge in [0.25, 0.3) is 0 Å². The second-order valence-electron chi connectivity index (χ2n) is 14.9. The highest BCUT2D eigenvalue weighted by atomic mass is 16.6. The summed E-state index contributed by atoms with van der Waals surface area (Å²) in [6.07, 6.45) is 14.3. The first-order valence-corrected chi connectivity index (χ1v) is 16.3. The van der Waals surface area contributed by atoms with Gasteiger partial charge in [0.15, 0.2) is 0 Å². The standard InChI is InChI=1S/C35H48O5/c1-22-6-4-5-17-39-31(36)23-7-9-24(10-8-23)32(37)40-19-18-38-30-20-26-28-12-11-27(22)33(28,2)15-14-29(26)34(3)16-13-25-21-35(25,30)34/h7-10,22,25-30H,4-6,11-21H2,1-3H3/t22-,25-,26+,27-,28+,29+,30-,33-,34-,35+/m1/s1. The second-order valence-corrected chi connectivity index (χ2v) is 14.9. The average molecular weight is 549 g/mol. The summed E-state index contributed by atoms with van der Waals surface area (Å²) in [6, 6.07) is 6.63. The minimum absolute atomic E-state index is 0.269. The van der Waals surface area contributed by atoms with Crippen LogP contribution in [0, 0.1) is 51.8 Å². The van der Waals surface area contributed by atoms with Gasteiger partial charge in [0.1, 0.15) is 6.61 Å². The van der Waals surface area contributed by atoms with E-state index in [1.165, 1.54) is 57.8 Å². The van der Waals surface area contributed by atoms with E-state index in [2.05, 4.69) is 20.8 Å². The Hall–Kier alpha value is -1.88. The Morgan fingerprint density at radius 3 is 2.17 bits per heavy atom. The Balaban J connectivity index is 1.14. The SMILES string of the molecule is C[C@@H]1CCCCOC(=O)c2ccc(cc2)C(=O)OCCO[C@@H]2C[C@H]3[C@@H]4CC[C@H]1[C@@]4(C)CC[C@@H]3[C@@]1(C)CC[C@@H]3C[C@]321. The van der Waals surface area contributed by atoms with Crippen molar-refractivity contribution in [3.8, 4) is 0 Å². The fourth-order valence-corrected chi connectivity index (χ4v) is 11.6. The molecule has 8 rings (SSSR count). The molecule has 7 aliphatic rings. The monoisotopic (exact) mass is 548 g/mol. The number of carbonyl (C=O) groups is 2. The van der Waals surface area contributed by atoms with Gasteiger partial charge >= 0.3 is 11.9 Å². The smallest absolute Gasteiger partial charge is 0.338 e. The van der Waals surface area contributed by atoms with E-state index in [1.807, 2.05) is 0 Å². The summed E-state index contributed by atoms with van der Waals surface area (Å²) in [7, 11) is 0. The molecule has 0 N–H and O–H groups in total. The summed E-state index contributed by atoms with van der Waals surface area (Å²) < 4.78 is 18.0. The molecule has 2 aliphatic heterocycles. The van der Waals surface area contributed by atoms with Crippen LogP contribution >= 0.6 is 0 Å². The quantitative estimate of drug-likeness (QED) is 0.315. The highest BCUT2D eigenvalue weighted by Gasteiger charge is 2.77. The van der Waals surface area contributed by atoms with Gasteiger partial charge in [-0.2, -0.15) is 0 Å². The van der Waals surface area contributed by atoms with E-state index >= 15 is 0 Å². The molecule has 7 bridgehead atoms. The van der Waals surface area contributed by atoms with Gasteiger partial charge in [0, 0.05) is 5.41 Å². The molecular formula is C35H48O5. The molecule has 0 unspecified atom stereocenters. The lowest BCUT2D eigenvalue weighted by Gasteiger charge is -2.61. The first-order chi connectivity index (χ1) is 19.3. The van der Waals surface area contributed by atoms with Gasteiger partial charge in [0.05, 0.1) is 30.4 Å². The molecule has 5 nitrogen and oxygen atoms in total. The van der Waals surface area contributed by atoms with E-state index in [1.54, 1.807) is 24.3 Å². The van der Waals surface area contributed by atoms with Crippen molar-refractivity contribution in [3.05, 3.63) is 35.4 Å². The molecule has 5 saturated carbocycles. The van der Waals surface area contributed by atoms with Gasteiger partial charge in [-0.15, -0.1) is 0 Å². The van der Waals surface area contributed by atoms with Crippen LogP contribution in [0.2, 0.25) is 0 Å². The fourth-order valence-electron chi connectivity index (χ4n) is 11.6. The third kappa shape index (κ3) is 3.96. The van der Waals surface area contributed by atoms with Gasteiger partial charge in [0.2, 0.25) is 0 Å². The summed E-state index contributed by atoms with van der Waals surface area (Å²) in [5.41, 5.74) is 2.11. The molecule has 40 heavy (non-hydrogen) atoms. The number of carbonyl (C=O) groups excluding carboxylic acids is 2. The Morgan fingerprint density at radius 1 is 0.750 bits per heavy atom. The largest absolute Gasteiger partial charge is 0.462 e. The number of benzene rings is 1. The van der Waals surface area contributed by atoms with Crippen molar-refractivity contribution in [2.75, 3.05) is 19.8 Å². The van der Waals surface area contributed by atoms with Gasteiger partial charge in [-0.1, -0.05) is 27.2 Å². The molecule has 1 spiro atoms. The van der Waals surface area contributed by atoms with Crippen molar-refractivity contribution in [2.24, 2.45) is 51.8 Å². The zero-order chi connectivity index (χ0) is 27.7. The molecule has 0 aromatic heterocycles. The van der Waals surface area contributed by atoms with Gasteiger partial charge < -0.3 is 14.2 Å². The maximum absolute atomic E-state index is 12.7. The Kier molecular flexibility index (Phi) is 6.64. The van der Waals surface area contributed by atoms with E-state index in [-0.39, 0.29) is 18.5 Å². The minimum atomic E-state index is -0.364. The summed E-state index contributed by atoms with van der Waals surface area (Å²) in [6.45, 7) is 8.96. The normalized spacial score (nSPS) is 46.9. The van der Waals surface area contributed by atoms with Crippen LogP contribution in [-0.2, 0) is 14.2 Å². The zero-order valence-corrected chi connectivity index (χ0v) is 24.8. The van der Waals surface area contributed by atoms with Crippen LogP contribution in [0.5, 0.6) is 0 Å². The third-order valence-corrected chi connectivity index (χ3v) is 13.6. The van der Waals surface area contributed by atoms with Gasteiger partial charge in [-0.3, -0.25) is 0 Å². The second kappa shape index (κ2) is 9.85. The Morgan fingerprint density at radius 2 is 1.45 bits per heavy atom. The van der Waals surface area contributed by atoms with Gasteiger partial charge in [-0.25, -0.2) is 9.59 Å². The summed E-state index contributed by atoms with van der Waals surface area (Å²) in [5.74, 6) is 4.04. The van der Waals surface area contributed by atoms with E-state index < -0.39 is 0 Å². The number of esters is 2. The molecule has 1 aromatic carbocycles. The predicted octanol–water partition coefficient (Wildman–Crippen LogP) is 7.47. The Labute approximate surface area is 240 Å². The maximum Gasteiger partial charge on any atom is 0.338 e. The number of fused-ring (bicyclic) bond motifs is 13. The van der Waals surface area contributed by atoms with Crippen LogP contribution in [0.25, 0.3) is 0 Å². The summed E-state index contributed by atoms with van der Waals surface area (Å²) >= 11 is 0. The van der Waals surface area contributed by atoms with Crippen molar-refractivity contribution < 1.29 is 23.8 Å². The number of rotatable bonds is 0. The van der Waals surface area contributed by atoms with Crippen molar-refractivity contribution in [1.29, 1.82) is 0 Å². The number of ether oxygens (including phenoxy) is 3. The highest BCUT2D eigenvalue weighted by Crippen LogP contribution is 2.82. The maximum atomic E-state index is 12.7. The molecule has 218 valence electrons. The number of hydrogen-bond donors (Lipinski definition) is 0. The molecule has 0 radical (unpaired) electrons. The van der Waals surface area contributed by atoms with Crippen LogP contribution in [0.15, 0.2) is 24.3 Å². The molecule has 10 atom stereocenters. The molecule has 0 amide bonds. The van der Waals surface area contributed by atoms with Gasteiger partial charge in [-0.05, 0) is 135 Å². The molecule has 2 heterocycles. The molecule has 5 heteroatoms. The summed E-state index contributed by atoms with van der Waals surface area (Å²) in [4.78, 5) is 25.2. The van der Waals surface area contributed by atoms with Crippen LogP contribution in [0.3, 0.4) is 0 Å². The van der Waals surface area contributed by atoms with Crippen LogP contribution in [0.4, 0.5) is 0 Å². The summed E-state index contributed by atoms with van der Waals surface area (Å²) in [5, 5.41) is 0. The molecule has 5 fully saturated rings. The van der Waals surface area contributed by atoms with Crippen LogP contribution < -0.4 is 0 Å². The van der Waals surface area contributed by atoms with Crippen molar-refractivity contribution in [2.45, 2.75) is 97.5 Å².